The second-order valence-corrected chi connectivity index (χ2v) is 3.67. The fraction of sp³-hybridized carbons (Fsp3) is 0.364. The van der Waals surface area contributed by atoms with Crippen molar-refractivity contribution in [2.75, 3.05) is 12.4 Å². The zero-order valence-corrected chi connectivity index (χ0v) is 10.1. The highest BCUT2D eigenvalue weighted by molar-refractivity contribution is 5.28. The van der Waals surface area contributed by atoms with E-state index in [1.54, 1.807) is 19.4 Å². The van der Waals surface area contributed by atoms with Crippen molar-refractivity contribution in [2.45, 2.75) is 20.4 Å². The molecule has 0 fully saturated rings. The molecule has 2 heterocycles. The molecule has 0 aliphatic carbocycles. The molecular formula is C11H15N5O. The van der Waals surface area contributed by atoms with Gasteiger partial charge in [-0.1, -0.05) is 0 Å². The van der Waals surface area contributed by atoms with E-state index in [1.165, 1.54) is 0 Å². The summed E-state index contributed by atoms with van der Waals surface area (Å²) >= 11 is 0. The van der Waals surface area contributed by atoms with Crippen molar-refractivity contribution in [1.29, 1.82) is 0 Å². The summed E-state index contributed by atoms with van der Waals surface area (Å²) in [6.07, 6.45) is 1.65. The number of aryl methyl sites for hydroxylation is 2. The Morgan fingerprint density at radius 3 is 2.82 bits per heavy atom. The molecule has 0 bridgehead atoms. The van der Waals surface area contributed by atoms with Gasteiger partial charge in [-0.05, 0) is 13.8 Å². The molecule has 0 spiro atoms. The van der Waals surface area contributed by atoms with Crippen molar-refractivity contribution in [3.05, 3.63) is 29.5 Å². The zero-order valence-electron chi connectivity index (χ0n) is 10.1. The van der Waals surface area contributed by atoms with E-state index >= 15 is 0 Å². The second kappa shape index (κ2) is 4.82. The number of anilines is 1. The summed E-state index contributed by atoms with van der Waals surface area (Å²) in [4.78, 5) is 15.8. The average Bonchev–Trinajstić information content (AvgIpc) is 2.67. The highest BCUT2D eigenvalue weighted by Gasteiger charge is 2.03. The minimum Gasteiger partial charge on any atom is -0.481 e. The third-order valence-electron chi connectivity index (χ3n) is 2.43. The number of hydrogen-bond acceptors (Lipinski definition) is 5. The van der Waals surface area contributed by atoms with E-state index < -0.39 is 0 Å². The van der Waals surface area contributed by atoms with Gasteiger partial charge in [0, 0.05) is 18.0 Å². The van der Waals surface area contributed by atoms with E-state index in [2.05, 4.69) is 25.3 Å². The smallest absolute Gasteiger partial charge is 0.226 e. The summed E-state index contributed by atoms with van der Waals surface area (Å²) in [5, 5.41) is 3.08. The Kier molecular flexibility index (Phi) is 3.22. The zero-order chi connectivity index (χ0) is 12.3. The van der Waals surface area contributed by atoms with Crippen molar-refractivity contribution in [1.82, 2.24) is 19.9 Å². The lowest BCUT2D eigenvalue weighted by atomic mass is 10.4. The molecule has 0 unspecified atom stereocenters. The molecule has 0 atom stereocenters. The summed E-state index contributed by atoms with van der Waals surface area (Å²) in [7, 11) is 1.57. The Labute approximate surface area is 99.5 Å². The average molecular weight is 233 g/mol. The number of hydrogen-bond donors (Lipinski definition) is 2. The van der Waals surface area contributed by atoms with E-state index in [4.69, 9.17) is 4.74 Å². The molecular weight excluding hydrogens is 218 g/mol. The lowest BCUT2D eigenvalue weighted by molar-refractivity contribution is 0.397. The summed E-state index contributed by atoms with van der Waals surface area (Å²) in [5.74, 6) is 1.93. The van der Waals surface area contributed by atoms with Gasteiger partial charge >= 0.3 is 0 Å². The van der Waals surface area contributed by atoms with Gasteiger partial charge in [-0.15, -0.1) is 0 Å². The molecule has 0 aliphatic heterocycles. The molecule has 6 heteroatoms. The lowest BCUT2D eigenvalue weighted by Crippen LogP contribution is -2.05. The number of imidazole rings is 1. The van der Waals surface area contributed by atoms with Crippen molar-refractivity contribution >= 4 is 5.95 Å². The number of nitrogens with one attached hydrogen (secondary N) is 2. The van der Waals surface area contributed by atoms with Gasteiger partial charge in [0.1, 0.15) is 5.82 Å². The molecule has 2 N–H and O–H groups in total. The van der Waals surface area contributed by atoms with Crippen LogP contribution in [-0.4, -0.2) is 27.0 Å². The minimum atomic E-state index is 0.524. The molecule has 0 aliphatic rings. The molecule has 0 radical (unpaired) electrons. The Hall–Kier alpha value is -2.11. The van der Waals surface area contributed by atoms with Gasteiger partial charge < -0.3 is 15.0 Å². The van der Waals surface area contributed by atoms with Crippen LogP contribution in [0.2, 0.25) is 0 Å². The highest BCUT2D eigenvalue weighted by Crippen LogP contribution is 2.09. The molecule has 0 amide bonds. The maximum Gasteiger partial charge on any atom is 0.226 e. The maximum atomic E-state index is 5.02. The first-order valence-electron chi connectivity index (χ1n) is 5.32. The van der Waals surface area contributed by atoms with Crippen LogP contribution in [0, 0.1) is 13.8 Å². The standard InChI is InChI=1S/C11H15N5O/c1-7-8(2)15-9(14-7)6-13-11-12-5-4-10(16-11)17-3/h4-5H,6H2,1-3H3,(H,14,15)(H,12,13,16). The van der Waals surface area contributed by atoms with Crippen LogP contribution in [0.15, 0.2) is 12.3 Å². The molecule has 17 heavy (non-hydrogen) atoms. The van der Waals surface area contributed by atoms with Crippen LogP contribution in [0.5, 0.6) is 5.88 Å². The first kappa shape index (κ1) is 11.4. The molecule has 2 aromatic rings. The number of aromatic amines is 1. The number of nitrogens with zero attached hydrogens (tertiary/aromatic N) is 3. The fourth-order valence-corrected chi connectivity index (χ4v) is 1.41. The number of ether oxygens (including phenoxy) is 1. The van der Waals surface area contributed by atoms with Gasteiger partial charge in [0.15, 0.2) is 0 Å². The molecule has 0 saturated heterocycles. The molecule has 0 aromatic carbocycles. The van der Waals surface area contributed by atoms with Gasteiger partial charge in [0.05, 0.1) is 19.3 Å². The van der Waals surface area contributed by atoms with Crippen LogP contribution in [0.25, 0.3) is 0 Å². The van der Waals surface area contributed by atoms with Crippen LogP contribution in [0.1, 0.15) is 17.2 Å². The van der Waals surface area contributed by atoms with E-state index in [9.17, 15) is 0 Å². The highest BCUT2D eigenvalue weighted by atomic mass is 16.5. The normalized spacial score (nSPS) is 10.3. The van der Waals surface area contributed by atoms with Crippen LogP contribution >= 0.6 is 0 Å². The fourth-order valence-electron chi connectivity index (χ4n) is 1.41. The molecule has 2 rings (SSSR count). The second-order valence-electron chi connectivity index (χ2n) is 3.67. The maximum absolute atomic E-state index is 5.02. The van der Waals surface area contributed by atoms with Crippen LogP contribution in [0.4, 0.5) is 5.95 Å². The van der Waals surface area contributed by atoms with Gasteiger partial charge in [-0.2, -0.15) is 4.98 Å². The largest absolute Gasteiger partial charge is 0.481 e. The number of rotatable bonds is 4. The predicted molar refractivity (Wildman–Crippen MR) is 64.0 cm³/mol. The Morgan fingerprint density at radius 1 is 1.35 bits per heavy atom. The van der Waals surface area contributed by atoms with E-state index in [0.29, 0.717) is 18.4 Å². The van der Waals surface area contributed by atoms with Crippen molar-refractivity contribution in [3.63, 3.8) is 0 Å². The Balaban J connectivity index is 2.01. The van der Waals surface area contributed by atoms with Crippen molar-refractivity contribution in [3.8, 4) is 5.88 Å². The third kappa shape index (κ3) is 2.72. The minimum absolute atomic E-state index is 0.524. The monoisotopic (exact) mass is 233 g/mol. The first-order valence-corrected chi connectivity index (χ1v) is 5.32. The summed E-state index contributed by atoms with van der Waals surface area (Å²) in [5.41, 5.74) is 2.08. The van der Waals surface area contributed by atoms with Crippen LogP contribution < -0.4 is 10.1 Å². The number of H-pyrrole nitrogens is 1. The summed E-state index contributed by atoms with van der Waals surface area (Å²) in [6, 6.07) is 1.70. The van der Waals surface area contributed by atoms with E-state index in [-0.39, 0.29) is 0 Å². The predicted octanol–water partition coefficient (Wildman–Crippen LogP) is 1.44. The number of methoxy groups -OCH3 is 1. The SMILES string of the molecule is COc1ccnc(NCc2nc(C)c(C)[nH]2)n1. The van der Waals surface area contributed by atoms with Crippen LogP contribution in [-0.2, 0) is 6.54 Å². The van der Waals surface area contributed by atoms with E-state index in [0.717, 1.165) is 17.2 Å². The molecule has 90 valence electrons. The Bertz CT molecular complexity index is 489. The van der Waals surface area contributed by atoms with Gasteiger partial charge in [-0.3, -0.25) is 0 Å². The third-order valence-corrected chi connectivity index (χ3v) is 2.43. The molecule has 2 aromatic heterocycles. The summed E-state index contributed by atoms with van der Waals surface area (Å²) in [6.45, 7) is 4.52. The number of aromatic nitrogens is 4. The van der Waals surface area contributed by atoms with E-state index in [1.807, 2.05) is 13.8 Å². The van der Waals surface area contributed by atoms with Gasteiger partial charge in [0.25, 0.3) is 0 Å². The molecule has 6 nitrogen and oxygen atoms in total. The van der Waals surface area contributed by atoms with Gasteiger partial charge in [0.2, 0.25) is 11.8 Å². The van der Waals surface area contributed by atoms with Gasteiger partial charge in [-0.25, -0.2) is 9.97 Å². The topological polar surface area (TPSA) is 75.7 Å². The Morgan fingerprint density at radius 2 is 2.18 bits per heavy atom. The van der Waals surface area contributed by atoms with Crippen LogP contribution in [0.3, 0.4) is 0 Å². The molecule has 0 saturated carbocycles. The quantitative estimate of drug-likeness (QED) is 0.835. The van der Waals surface area contributed by atoms with Crippen molar-refractivity contribution < 1.29 is 4.74 Å². The summed E-state index contributed by atoms with van der Waals surface area (Å²) < 4.78 is 5.02. The lowest BCUT2D eigenvalue weighted by Gasteiger charge is -2.03. The van der Waals surface area contributed by atoms with Crippen molar-refractivity contribution in [2.24, 2.45) is 0 Å². The first-order chi connectivity index (χ1) is 8.19.